The molecule has 1 aliphatic carbocycles. The highest BCUT2D eigenvalue weighted by Gasteiger charge is 1.98. The molecule has 0 heteroatoms. The third-order valence-corrected chi connectivity index (χ3v) is 1.25. The Morgan fingerprint density at radius 1 is 1.38 bits per heavy atom. The Labute approximate surface area is 52.6 Å². The van der Waals surface area contributed by atoms with E-state index in [1.54, 1.807) is 0 Å². The lowest BCUT2D eigenvalue weighted by Gasteiger charge is -1.89. The van der Waals surface area contributed by atoms with Crippen LogP contribution in [0, 0.1) is 5.92 Å². The number of rotatable bonds is 0. The van der Waals surface area contributed by atoms with E-state index in [-0.39, 0.29) is 0 Å². The second-order valence-corrected chi connectivity index (χ2v) is 1.98. The molecule has 0 aliphatic heterocycles. The lowest BCUT2D eigenvalue weighted by atomic mass is 10.2. The van der Waals surface area contributed by atoms with E-state index < -0.39 is 0 Å². The van der Waals surface area contributed by atoms with Crippen molar-refractivity contribution in [2.75, 3.05) is 0 Å². The highest BCUT2D eigenvalue weighted by atomic mass is 14.0. The van der Waals surface area contributed by atoms with Gasteiger partial charge in [-0.2, -0.15) is 0 Å². The van der Waals surface area contributed by atoms with Crippen molar-refractivity contribution in [3.05, 3.63) is 12.2 Å². The fourth-order valence-electron chi connectivity index (χ4n) is 0.784. The second kappa shape index (κ2) is 4.89. The van der Waals surface area contributed by atoms with Crippen LogP contribution in [-0.2, 0) is 0 Å². The van der Waals surface area contributed by atoms with E-state index in [0.29, 0.717) is 0 Å². The van der Waals surface area contributed by atoms with Gasteiger partial charge in [-0.25, -0.2) is 0 Å². The maximum atomic E-state index is 2.28. The summed E-state index contributed by atoms with van der Waals surface area (Å²) in [5, 5.41) is 0. The molecule has 0 nitrogen and oxygen atoms in total. The molecular formula is C8H16. The van der Waals surface area contributed by atoms with Gasteiger partial charge in [-0.15, -0.1) is 0 Å². The van der Waals surface area contributed by atoms with E-state index in [9.17, 15) is 0 Å². The predicted octanol–water partition coefficient (Wildman–Crippen LogP) is 3.00. The molecule has 0 aromatic carbocycles. The largest absolute Gasteiger partial charge is 0.0882 e. The molecule has 0 aromatic rings. The molecule has 1 atom stereocenters. The molecule has 0 saturated heterocycles. The second-order valence-electron chi connectivity index (χ2n) is 1.98. The molecule has 0 amide bonds. The fourth-order valence-corrected chi connectivity index (χ4v) is 0.784. The molecule has 0 radical (unpaired) electrons. The van der Waals surface area contributed by atoms with Crippen LogP contribution in [0.4, 0.5) is 0 Å². The van der Waals surface area contributed by atoms with Crippen molar-refractivity contribution >= 4 is 0 Å². The van der Waals surface area contributed by atoms with Crippen LogP contribution < -0.4 is 0 Å². The van der Waals surface area contributed by atoms with E-state index in [2.05, 4.69) is 19.1 Å². The minimum Gasteiger partial charge on any atom is -0.0882 e. The smallest absolute Gasteiger partial charge is 0.0259 e. The molecule has 0 aromatic heterocycles. The molecule has 0 fully saturated rings. The average Bonchev–Trinajstić information content (AvgIpc) is 2.24. The Hall–Kier alpha value is -0.260. The SMILES string of the molecule is CC.C[C@H]1C=CCC1. The highest BCUT2D eigenvalue weighted by Crippen LogP contribution is 2.14. The molecule has 8 heavy (non-hydrogen) atoms. The van der Waals surface area contributed by atoms with Crippen LogP contribution in [0.1, 0.15) is 33.6 Å². The van der Waals surface area contributed by atoms with Gasteiger partial charge in [-0.3, -0.25) is 0 Å². The Morgan fingerprint density at radius 3 is 2.12 bits per heavy atom. The predicted molar refractivity (Wildman–Crippen MR) is 38.9 cm³/mol. The standard InChI is InChI=1S/C6H10.C2H6/c1-6-4-2-3-5-6;1-2/h2,4,6H,3,5H2,1H3;1-2H3/t6-;/m0./s1. The molecule has 48 valence electrons. The molecule has 0 bridgehead atoms. The summed E-state index contributed by atoms with van der Waals surface area (Å²) in [7, 11) is 0. The molecule has 0 heterocycles. The van der Waals surface area contributed by atoms with E-state index in [0.717, 1.165) is 5.92 Å². The summed E-state index contributed by atoms with van der Waals surface area (Å²) >= 11 is 0. The van der Waals surface area contributed by atoms with Crippen LogP contribution in [0.3, 0.4) is 0 Å². The maximum Gasteiger partial charge on any atom is -0.0259 e. The summed E-state index contributed by atoms with van der Waals surface area (Å²) < 4.78 is 0. The number of hydrogen-bond acceptors (Lipinski definition) is 0. The van der Waals surface area contributed by atoms with Gasteiger partial charge in [0.2, 0.25) is 0 Å². The monoisotopic (exact) mass is 112 g/mol. The van der Waals surface area contributed by atoms with Crippen molar-refractivity contribution in [3.63, 3.8) is 0 Å². The van der Waals surface area contributed by atoms with Crippen molar-refractivity contribution in [1.29, 1.82) is 0 Å². The lowest BCUT2D eigenvalue weighted by Crippen LogP contribution is -1.76. The van der Waals surface area contributed by atoms with Gasteiger partial charge in [-0.05, 0) is 18.8 Å². The number of allylic oxidation sites excluding steroid dienone is 2. The normalized spacial score (nSPS) is 24.6. The average molecular weight is 112 g/mol. The van der Waals surface area contributed by atoms with E-state index in [1.165, 1.54) is 12.8 Å². The summed E-state index contributed by atoms with van der Waals surface area (Å²) in [6.45, 7) is 6.25. The van der Waals surface area contributed by atoms with Crippen LogP contribution in [0.2, 0.25) is 0 Å². The highest BCUT2D eigenvalue weighted by molar-refractivity contribution is 4.93. The zero-order chi connectivity index (χ0) is 6.41. The topological polar surface area (TPSA) is 0 Å². The van der Waals surface area contributed by atoms with Crippen molar-refractivity contribution in [1.82, 2.24) is 0 Å². The summed E-state index contributed by atoms with van der Waals surface area (Å²) in [4.78, 5) is 0. The molecule has 1 aliphatic rings. The molecular weight excluding hydrogens is 96.1 g/mol. The van der Waals surface area contributed by atoms with Crippen LogP contribution in [0.15, 0.2) is 12.2 Å². The Morgan fingerprint density at radius 2 is 2.00 bits per heavy atom. The third kappa shape index (κ3) is 2.84. The van der Waals surface area contributed by atoms with Gasteiger partial charge in [0.25, 0.3) is 0 Å². The first-order valence-electron chi connectivity index (χ1n) is 3.56. The van der Waals surface area contributed by atoms with Crippen molar-refractivity contribution < 1.29 is 0 Å². The summed E-state index contributed by atoms with van der Waals surface area (Å²) in [6, 6.07) is 0. The Kier molecular flexibility index (Phi) is 4.73. The van der Waals surface area contributed by atoms with E-state index in [1.807, 2.05) is 13.8 Å². The van der Waals surface area contributed by atoms with Crippen molar-refractivity contribution in [2.45, 2.75) is 33.6 Å². The maximum absolute atomic E-state index is 2.28. The molecule has 0 unspecified atom stereocenters. The first kappa shape index (κ1) is 7.74. The van der Waals surface area contributed by atoms with Crippen molar-refractivity contribution in [3.8, 4) is 0 Å². The van der Waals surface area contributed by atoms with E-state index >= 15 is 0 Å². The zero-order valence-electron chi connectivity index (χ0n) is 6.15. The van der Waals surface area contributed by atoms with Crippen LogP contribution in [0.25, 0.3) is 0 Å². The summed E-state index contributed by atoms with van der Waals surface area (Å²) in [5.41, 5.74) is 0. The number of hydrogen-bond donors (Lipinski definition) is 0. The van der Waals surface area contributed by atoms with Gasteiger partial charge >= 0.3 is 0 Å². The Bertz CT molecular complexity index is 62.4. The van der Waals surface area contributed by atoms with Crippen LogP contribution in [-0.4, -0.2) is 0 Å². The van der Waals surface area contributed by atoms with Crippen LogP contribution >= 0.6 is 0 Å². The van der Waals surface area contributed by atoms with Crippen molar-refractivity contribution in [2.24, 2.45) is 5.92 Å². The molecule has 0 saturated carbocycles. The quantitative estimate of drug-likeness (QED) is 0.422. The van der Waals surface area contributed by atoms with Gasteiger partial charge in [0.1, 0.15) is 0 Å². The van der Waals surface area contributed by atoms with Gasteiger partial charge in [0.15, 0.2) is 0 Å². The lowest BCUT2D eigenvalue weighted by molar-refractivity contribution is 0.701. The Balaban J connectivity index is 0.000000222. The van der Waals surface area contributed by atoms with Gasteiger partial charge in [0, 0.05) is 0 Å². The van der Waals surface area contributed by atoms with Gasteiger partial charge in [0.05, 0.1) is 0 Å². The molecule has 1 rings (SSSR count). The third-order valence-electron chi connectivity index (χ3n) is 1.25. The minimum absolute atomic E-state index is 0.866. The summed E-state index contributed by atoms with van der Waals surface area (Å²) in [5.74, 6) is 0.866. The minimum atomic E-state index is 0.866. The fraction of sp³-hybridized carbons (Fsp3) is 0.750. The zero-order valence-corrected chi connectivity index (χ0v) is 6.15. The van der Waals surface area contributed by atoms with Gasteiger partial charge in [-0.1, -0.05) is 32.9 Å². The molecule has 0 N–H and O–H groups in total. The van der Waals surface area contributed by atoms with E-state index in [4.69, 9.17) is 0 Å². The van der Waals surface area contributed by atoms with Crippen LogP contribution in [0.5, 0.6) is 0 Å². The first-order valence-corrected chi connectivity index (χ1v) is 3.56. The summed E-state index contributed by atoms with van der Waals surface area (Å²) in [6.07, 6.45) is 7.21. The first-order chi connectivity index (χ1) is 3.89. The molecule has 0 spiro atoms. The van der Waals surface area contributed by atoms with Gasteiger partial charge < -0.3 is 0 Å².